The molecule has 1 aromatic carbocycles. The van der Waals surface area contributed by atoms with Crippen molar-refractivity contribution in [2.75, 3.05) is 18.9 Å². The van der Waals surface area contributed by atoms with E-state index in [1.807, 2.05) is 20.8 Å². The van der Waals surface area contributed by atoms with E-state index in [2.05, 4.69) is 26.5 Å². The number of carbonyl (C=O) groups excluding carboxylic acids is 1. The molecule has 160 valence electrons. The number of nitriles is 1. The van der Waals surface area contributed by atoms with E-state index >= 15 is 0 Å². The van der Waals surface area contributed by atoms with Crippen LogP contribution in [0.3, 0.4) is 0 Å². The zero-order valence-corrected chi connectivity index (χ0v) is 18.2. The van der Waals surface area contributed by atoms with Gasteiger partial charge in [-0.05, 0) is 26.8 Å². The summed E-state index contributed by atoms with van der Waals surface area (Å²) in [5, 5.41) is 18.3. The summed E-state index contributed by atoms with van der Waals surface area (Å²) in [5.74, 6) is 0.648. The first-order chi connectivity index (χ1) is 14.9. The molecule has 31 heavy (non-hydrogen) atoms. The third-order valence-electron chi connectivity index (χ3n) is 5.59. The number of nitrogens with zero attached hydrogens (tertiary/aromatic N) is 5. The summed E-state index contributed by atoms with van der Waals surface area (Å²) < 4.78 is 7.81. The molecule has 1 saturated heterocycles. The van der Waals surface area contributed by atoms with Crippen molar-refractivity contribution in [2.45, 2.75) is 39.2 Å². The lowest BCUT2D eigenvalue weighted by Crippen LogP contribution is -2.16. The van der Waals surface area contributed by atoms with Crippen LogP contribution in [0.2, 0.25) is 5.02 Å². The van der Waals surface area contributed by atoms with Gasteiger partial charge in [-0.3, -0.25) is 4.79 Å². The monoisotopic (exact) mass is 439 g/mol. The number of halogens is 1. The number of nitrogens with two attached hydrogens (primary N) is 1. The van der Waals surface area contributed by atoms with Crippen molar-refractivity contribution >= 4 is 34.4 Å². The number of fused-ring (bicyclic) bond motifs is 1. The van der Waals surface area contributed by atoms with Gasteiger partial charge in [0.2, 0.25) is 5.91 Å². The maximum absolute atomic E-state index is 11.9. The van der Waals surface area contributed by atoms with Gasteiger partial charge >= 0.3 is 0 Å². The molecule has 0 spiro atoms. The lowest BCUT2D eigenvalue weighted by Gasteiger charge is -2.24. The van der Waals surface area contributed by atoms with Gasteiger partial charge in [0.05, 0.1) is 34.3 Å². The molecular weight excluding hydrogens is 418 g/mol. The first-order valence-corrected chi connectivity index (χ1v) is 10.4. The van der Waals surface area contributed by atoms with Gasteiger partial charge in [-0.15, -0.1) is 0 Å². The molecule has 3 N–H and O–H groups in total. The van der Waals surface area contributed by atoms with E-state index in [9.17, 15) is 10.1 Å². The molecular formula is C21H22ClN7O2. The summed E-state index contributed by atoms with van der Waals surface area (Å²) in [6, 6.07) is 3.59. The number of hydrogen-bond acceptors (Lipinski definition) is 7. The molecule has 1 unspecified atom stereocenters. The summed E-state index contributed by atoms with van der Waals surface area (Å²) >= 11 is 6.54. The number of anilines is 1. The Morgan fingerprint density at radius 1 is 1.48 bits per heavy atom. The third-order valence-corrected chi connectivity index (χ3v) is 5.89. The number of amides is 1. The van der Waals surface area contributed by atoms with Crippen LogP contribution in [0, 0.1) is 18.3 Å². The Bertz CT molecular complexity index is 1230. The van der Waals surface area contributed by atoms with Crippen molar-refractivity contribution in [3.05, 3.63) is 39.8 Å². The zero-order chi connectivity index (χ0) is 22.3. The molecule has 3 aromatic rings. The topological polar surface area (TPSA) is 132 Å². The first kappa shape index (κ1) is 20.9. The highest BCUT2D eigenvalue weighted by Gasteiger charge is 2.33. The fourth-order valence-electron chi connectivity index (χ4n) is 4.17. The number of hydrogen-bond donors (Lipinski definition) is 2. The van der Waals surface area contributed by atoms with Crippen LogP contribution in [0.25, 0.3) is 11.0 Å². The highest BCUT2D eigenvalue weighted by Crippen LogP contribution is 2.43. The van der Waals surface area contributed by atoms with Crippen LogP contribution < -0.4 is 15.8 Å². The highest BCUT2D eigenvalue weighted by molar-refractivity contribution is 6.32. The van der Waals surface area contributed by atoms with Crippen molar-refractivity contribution in [2.24, 2.45) is 0 Å². The number of nitrogen functional groups attached to an aromatic ring is 1. The summed E-state index contributed by atoms with van der Waals surface area (Å²) in [6.07, 6.45) is 1.68. The van der Waals surface area contributed by atoms with Gasteiger partial charge in [-0.25, -0.2) is 14.6 Å². The Morgan fingerprint density at radius 2 is 2.26 bits per heavy atom. The van der Waals surface area contributed by atoms with Gasteiger partial charge in [-0.2, -0.15) is 10.4 Å². The van der Waals surface area contributed by atoms with Gasteiger partial charge in [0.1, 0.15) is 24.0 Å². The Kier molecular flexibility index (Phi) is 5.41. The van der Waals surface area contributed by atoms with E-state index < -0.39 is 0 Å². The molecule has 4 rings (SSSR count). The molecule has 0 aliphatic carbocycles. The average Bonchev–Trinajstić information content (AvgIpc) is 3.32. The minimum Gasteiger partial charge on any atom is -0.493 e. The number of rotatable bonds is 5. The quantitative estimate of drug-likeness (QED) is 0.624. The smallest absolute Gasteiger partial charge is 0.220 e. The van der Waals surface area contributed by atoms with Crippen molar-refractivity contribution < 1.29 is 9.53 Å². The fraction of sp³-hybridized carbons (Fsp3) is 0.381. The van der Waals surface area contributed by atoms with Gasteiger partial charge < -0.3 is 15.8 Å². The molecule has 1 aliphatic rings. The van der Waals surface area contributed by atoms with E-state index in [0.717, 1.165) is 5.56 Å². The predicted octanol–water partition coefficient (Wildman–Crippen LogP) is 2.85. The Labute approximate surface area is 184 Å². The van der Waals surface area contributed by atoms with Gasteiger partial charge in [-0.1, -0.05) is 11.6 Å². The molecule has 1 aliphatic heterocycles. The molecule has 9 nitrogen and oxygen atoms in total. The summed E-state index contributed by atoms with van der Waals surface area (Å²) in [4.78, 5) is 20.3. The zero-order valence-electron chi connectivity index (χ0n) is 17.4. The van der Waals surface area contributed by atoms with Crippen molar-refractivity contribution in [3.8, 4) is 11.8 Å². The second-order valence-corrected chi connectivity index (χ2v) is 7.89. The maximum atomic E-state index is 11.9. The Hall–Kier alpha value is -3.38. The molecule has 0 bridgehead atoms. The fourth-order valence-corrected chi connectivity index (χ4v) is 4.43. The largest absolute Gasteiger partial charge is 0.493 e. The van der Waals surface area contributed by atoms with Crippen LogP contribution in [0.4, 0.5) is 5.82 Å². The number of benzene rings is 1. The maximum Gasteiger partial charge on any atom is 0.220 e. The number of ether oxygens (including phenoxy) is 1. The number of carbonyl (C=O) groups is 1. The molecule has 0 saturated carbocycles. The lowest BCUT2D eigenvalue weighted by molar-refractivity contribution is -0.119. The second kappa shape index (κ2) is 8.04. The second-order valence-electron chi connectivity index (χ2n) is 7.48. The molecule has 1 amide bonds. The minimum absolute atomic E-state index is 0.0632. The van der Waals surface area contributed by atoms with Crippen LogP contribution in [-0.2, 0) is 4.79 Å². The van der Waals surface area contributed by atoms with Crippen LogP contribution in [0.15, 0.2) is 12.4 Å². The summed E-state index contributed by atoms with van der Waals surface area (Å²) in [7, 11) is 0. The number of aromatic nitrogens is 4. The van der Waals surface area contributed by atoms with Gasteiger partial charge in [0, 0.05) is 30.0 Å². The molecule has 2 aromatic heterocycles. The van der Waals surface area contributed by atoms with Gasteiger partial charge in [0.25, 0.3) is 0 Å². The van der Waals surface area contributed by atoms with Crippen molar-refractivity contribution in [1.29, 1.82) is 5.26 Å². The van der Waals surface area contributed by atoms with Gasteiger partial charge in [0.15, 0.2) is 5.65 Å². The normalized spacial score (nSPS) is 16.9. The molecule has 1 fully saturated rings. The molecule has 3 heterocycles. The van der Waals surface area contributed by atoms with E-state index in [1.54, 1.807) is 10.7 Å². The first-order valence-electron chi connectivity index (χ1n) is 9.98. The van der Waals surface area contributed by atoms with E-state index in [4.69, 9.17) is 22.1 Å². The standard InChI is InChI=1S/C21H22ClN7O2/c1-4-31-19-13(6-15(22)14(7-23)18(19)12-5-16(30)25-8-12)11(3)29-21-17(10(2)28-29)20(24)26-9-27-21/h6,9,11-12H,4-5,8H2,1-3H3,(H,25,30)(H2,24,26,27)/t11-,12?/m1/s1. The summed E-state index contributed by atoms with van der Waals surface area (Å²) in [5.41, 5.74) is 9.09. The SMILES string of the molecule is CCOc1c([C@@H](C)n2nc(C)c3c(N)ncnc32)cc(Cl)c(C#N)c1C1CNC(=O)C1. The minimum atomic E-state index is -0.332. The van der Waals surface area contributed by atoms with Crippen molar-refractivity contribution in [3.63, 3.8) is 0 Å². The van der Waals surface area contributed by atoms with Crippen LogP contribution in [0.1, 0.15) is 54.6 Å². The molecule has 10 heteroatoms. The van der Waals surface area contributed by atoms with E-state index in [1.165, 1.54) is 6.33 Å². The summed E-state index contributed by atoms with van der Waals surface area (Å²) in [6.45, 7) is 6.49. The van der Waals surface area contributed by atoms with E-state index in [-0.39, 0.29) is 24.3 Å². The molecule has 0 radical (unpaired) electrons. The van der Waals surface area contributed by atoms with Crippen LogP contribution >= 0.6 is 11.6 Å². The van der Waals surface area contributed by atoms with Crippen molar-refractivity contribution in [1.82, 2.24) is 25.1 Å². The Morgan fingerprint density at radius 3 is 2.90 bits per heavy atom. The predicted molar refractivity (Wildman–Crippen MR) is 116 cm³/mol. The lowest BCUT2D eigenvalue weighted by atomic mass is 9.89. The average molecular weight is 440 g/mol. The highest BCUT2D eigenvalue weighted by atomic mass is 35.5. The molecule has 2 atom stereocenters. The Balaban J connectivity index is 1.95. The van der Waals surface area contributed by atoms with E-state index in [0.29, 0.717) is 57.6 Å². The number of aryl methyl sites for hydroxylation is 1. The van der Waals surface area contributed by atoms with Crippen LogP contribution in [0.5, 0.6) is 5.75 Å². The third kappa shape index (κ3) is 3.43. The number of nitrogens with one attached hydrogen (secondary N) is 1. The van der Waals surface area contributed by atoms with Crippen LogP contribution in [-0.4, -0.2) is 38.8 Å².